The standard InChI is InChI=1S/C19H36N4O2/c1-3-9-21(10-4-2)11-5-7-19(24)23(12-6-8-20)14-13-22-15-17-25-18-16-22/h3-7,9-18H2,1-2H3. The smallest absolute Gasteiger partial charge is 0.222 e. The van der Waals surface area contributed by atoms with Gasteiger partial charge >= 0.3 is 0 Å². The van der Waals surface area contributed by atoms with Crippen molar-refractivity contribution in [1.29, 1.82) is 5.26 Å². The lowest BCUT2D eigenvalue weighted by Crippen LogP contribution is -2.43. The van der Waals surface area contributed by atoms with Crippen LogP contribution in [0.3, 0.4) is 0 Å². The Kier molecular flexibility index (Phi) is 12.3. The van der Waals surface area contributed by atoms with Crippen molar-refractivity contribution in [2.75, 3.05) is 65.6 Å². The first-order chi connectivity index (χ1) is 12.2. The van der Waals surface area contributed by atoms with E-state index in [1.807, 2.05) is 4.90 Å². The highest BCUT2D eigenvalue weighted by Crippen LogP contribution is 2.05. The molecule has 1 aliphatic heterocycles. The summed E-state index contributed by atoms with van der Waals surface area (Å²) in [6.07, 6.45) is 4.20. The number of rotatable bonds is 13. The maximum atomic E-state index is 12.6. The third-order valence-electron chi connectivity index (χ3n) is 4.58. The van der Waals surface area contributed by atoms with Gasteiger partial charge in [-0.25, -0.2) is 0 Å². The Hall–Kier alpha value is -1.16. The highest BCUT2D eigenvalue weighted by Gasteiger charge is 2.16. The molecule has 0 atom stereocenters. The molecule has 1 saturated heterocycles. The highest BCUT2D eigenvalue weighted by molar-refractivity contribution is 5.76. The molecule has 0 radical (unpaired) electrons. The van der Waals surface area contributed by atoms with E-state index in [1.54, 1.807) is 0 Å². The second-order valence-electron chi connectivity index (χ2n) is 6.69. The Labute approximate surface area is 153 Å². The van der Waals surface area contributed by atoms with E-state index in [0.717, 1.165) is 71.7 Å². The molecule has 25 heavy (non-hydrogen) atoms. The summed E-state index contributed by atoms with van der Waals surface area (Å²) in [7, 11) is 0. The predicted octanol–water partition coefficient (Wildman–Crippen LogP) is 1.96. The van der Waals surface area contributed by atoms with Crippen molar-refractivity contribution in [1.82, 2.24) is 14.7 Å². The van der Waals surface area contributed by atoms with E-state index in [4.69, 9.17) is 10.00 Å². The molecule has 6 nitrogen and oxygen atoms in total. The van der Waals surface area contributed by atoms with Gasteiger partial charge in [0, 0.05) is 39.1 Å². The molecule has 1 rings (SSSR count). The van der Waals surface area contributed by atoms with Gasteiger partial charge in [0.2, 0.25) is 5.91 Å². The summed E-state index contributed by atoms with van der Waals surface area (Å²) < 4.78 is 5.36. The third-order valence-corrected chi connectivity index (χ3v) is 4.58. The van der Waals surface area contributed by atoms with Crippen LogP contribution in [0.5, 0.6) is 0 Å². The zero-order valence-corrected chi connectivity index (χ0v) is 16.2. The van der Waals surface area contributed by atoms with Crippen molar-refractivity contribution in [2.45, 2.75) is 46.0 Å². The Morgan fingerprint density at radius 1 is 1.08 bits per heavy atom. The number of amides is 1. The molecule has 0 aromatic heterocycles. The topological polar surface area (TPSA) is 59.8 Å². The van der Waals surface area contributed by atoms with Crippen molar-refractivity contribution in [3.63, 3.8) is 0 Å². The van der Waals surface area contributed by atoms with Crippen LogP contribution in [0.4, 0.5) is 0 Å². The van der Waals surface area contributed by atoms with Gasteiger partial charge in [-0.05, 0) is 38.9 Å². The summed E-state index contributed by atoms with van der Waals surface area (Å²) in [6.45, 7) is 13.2. The first kappa shape index (κ1) is 21.9. The van der Waals surface area contributed by atoms with Crippen LogP contribution in [0, 0.1) is 11.3 Å². The summed E-state index contributed by atoms with van der Waals surface area (Å²) in [4.78, 5) is 19.2. The van der Waals surface area contributed by atoms with Gasteiger partial charge in [0.05, 0.1) is 25.7 Å². The maximum Gasteiger partial charge on any atom is 0.222 e. The summed E-state index contributed by atoms with van der Waals surface area (Å²) in [6, 6.07) is 2.16. The van der Waals surface area contributed by atoms with Crippen LogP contribution in [-0.2, 0) is 9.53 Å². The lowest BCUT2D eigenvalue weighted by atomic mass is 10.2. The lowest BCUT2D eigenvalue weighted by molar-refractivity contribution is -0.131. The van der Waals surface area contributed by atoms with Crippen LogP contribution in [0.1, 0.15) is 46.0 Å². The number of nitrogens with zero attached hydrogens (tertiary/aromatic N) is 4. The fourth-order valence-electron chi connectivity index (χ4n) is 3.21. The largest absolute Gasteiger partial charge is 0.379 e. The predicted molar refractivity (Wildman–Crippen MR) is 100 cm³/mol. The average molecular weight is 353 g/mol. The van der Waals surface area contributed by atoms with E-state index in [1.165, 1.54) is 0 Å². The Morgan fingerprint density at radius 3 is 2.36 bits per heavy atom. The summed E-state index contributed by atoms with van der Waals surface area (Å²) in [5, 5.41) is 8.86. The molecule has 0 aliphatic carbocycles. The number of nitriles is 1. The van der Waals surface area contributed by atoms with Gasteiger partial charge in [0.1, 0.15) is 0 Å². The van der Waals surface area contributed by atoms with Gasteiger partial charge in [-0.15, -0.1) is 0 Å². The van der Waals surface area contributed by atoms with Gasteiger partial charge in [-0.1, -0.05) is 13.8 Å². The van der Waals surface area contributed by atoms with Crippen molar-refractivity contribution < 1.29 is 9.53 Å². The van der Waals surface area contributed by atoms with Gasteiger partial charge in [0.25, 0.3) is 0 Å². The molecule has 1 amide bonds. The molecule has 0 N–H and O–H groups in total. The van der Waals surface area contributed by atoms with Gasteiger partial charge in [-0.3, -0.25) is 9.69 Å². The molecule has 0 bridgehead atoms. The number of ether oxygens (including phenoxy) is 1. The Morgan fingerprint density at radius 2 is 1.76 bits per heavy atom. The zero-order valence-electron chi connectivity index (χ0n) is 16.2. The number of hydrogen-bond acceptors (Lipinski definition) is 5. The summed E-state index contributed by atoms with van der Waals surface area (Å²) in [5.74, 6) is 0.191. The molecule has 0 aromatic rings. The van der Waals surface area contributed by atoms with Gasteiger partial charge in [0.15, 0.2) is 0 Å². The quantitative estimate of drug-likeness (QED) is 0.507. The molecule has 0 unspecified atom stereocenters. The molecular weight excluding hydrogens is 316 g/mol. The number of hydrogen-bond donors (Lipinski definition) is 0. The number of carbonyl (C=O) groups excluding carboxylic acids is 1. The van der Waals surface area contributed by atoms with Crippen molar-refractivity contribution in [3.05, 3.63) is 0 Å². The normalized spacial score (nSPS) is 15.3. The van der Waals surface area contributed by atoms with E-state index in [9.17, 15) is 4.79 Å². The molecule has 0 aromatic carbocycles. The SMILES string of the molecule is CCCN(CCC)CCCC(=O)N(CCC#N)CCN1CCOCC1. The minimum absolute atomic E-state index is 0.191. The number of morpholine rings is 1. The zero-order chi connectivity index (χ0) is 18.3. The molecule has 0 saturated carbocycles. The van der Waals surface area contributed by atoms with Crippen molar-refractivity contribution in [2.24, 2.45) is 0 Å². The molecule has 1 fully saturated rings. The maximum absolute atomic E-state index is 12.6. The van der Waals surface area contributed by atoms with E-state index in [0.29, 0.717) is 25.9 Å². The minimum atomic E-state index is 0.191. The van der Waals surface area contributed by atoms with Gasteiger partial charge in [-0.2, -0.15) is 5.26 Å². The third kappa shape index (κ3) is 9.78. The molecule has 6 heteroatoms. The minimum Gasteiger partial charge on any atom is -0.379 e. The van der Waals surface area contributed by atoms with Crippen LogP contribution >= 0.6 is 0 Å². The second-order valence-corrected chi connectivity index (χ2v) is 6.69. The van der Waals surface area contributed by atoms with Gasteiger partial charge < -0.3 is 14.5 Å². The van der Waals surface area contributed by atoms with Crippen LogP contribution < -0.4 is 0 Å². The number of carbonyl (C=O) groups is 1. The molecule has 1 aliphatic rings. The van der Waals surface area contributed by atoms with Crippen LogP contribution in [0.25, 0.3) is 0 Å². The summed E-state index contributed by atoms with van der Waals surface area (Å²) in [5.41, 5.74) is 0. The van der Waals surface area contributed by atoms with Crippen LogP contribution in [0.15, 0.2) is 0 Å². The van der Waals surface area contributed by atoms with E-state index < -0.39 is 0 Å². The summed E-state index contributed by atoms with van der Waals surface area (Å²) >= 11 is 0. The van der Waals surface area contributed by atoms with E-state index >= 15 is 0 Å². The monoisotopic (exact) mass is 352 g/mol. The van der Waals surface area contributed by atoms with Crippen LogP contribution in [-0.4, -0.2) is 86.2 Å². The Bertz CT molecular complexity index is 385. The molecule has 144 valence electrons. The van der Waals surface area contributed by atoms with E-state index in [2.05, 4.69) is 29.7 Å². The van der Waals surface area contributed by atoms with Crippen LogP contribution in [0.2, 0.25) is 0 Å². The Balaban J connectivity index is 2.36. The highest BCUT2D eigenvalue weighted by atomic mass is 16.5. The fraction of sp³-hybridized carbons (Fsp3) is 0.895. The van der Waals surface area contributed by atoms with Crippen molar-refractivity contribution >= 4 is 5.91 Å². The first-order valence-electron chi connectivity index (χ1n) is 9.88. The molecular formula is C19H36N4O2. The first-order valence-corrected chi connectivity index (χ1v) is 9.88. The second kappa shape index (κ2) is 14.1. The average Bonchev–Trinajstić information content (AvgIpc) is 2.63. The fourth-order valence-corrected chi connectivity index (χ4v) is 3.21. The lowest BCUT2D eigenvalue weighted by Gasteiger charge is -2.30. The van der Waals surface area contributed by atoms with Crippen molar-refractivity contribution in [3.8, 4) is 6.07 Å². The molecule has 0 spiro atoms. The molecule has 1 heterocycles. The van der Waals surface area contributed by atoms with E-state index in [-0.39, 0.29) is 5.91 Å².